The summed E-state index contributed by atoms with van der Waals surface area (Å²) in [5, 5.41) is 10.0. The molecule has 25 heavy (non-hydrogen) atoms. The van der Waals surface area contributed by atoms with Crippen LogP contribution >= 0.6 is 0 Å². The Morgan fingerprint density at radius 2 is 1.60 bits per heavy atom. The van der Waals surface area contributed by atoms with Crippen molar-refractivity contribution in [1.29, 1.82) is 0 Å². The second-order valence-electron chi connectivity index (χ2n) is 4.42. The van der Waals surface area contributed by atoms with E-state index < -0.39 is 15.6 Å². The zero-order chi connectivity index (χ0) is 18.1. The average molecular weight is 346 g/mol. The van der Waals surface area contributed by atoms with Crippen LogP contribution in [0.5, 0.6) is 11.5 Å². The first-order chi connectivity index (χ1) is 12.1. The first-order valence-electron chi connectivity index (χ1n) is 6.81. The Morgan fingerprint density at radius 1 is 0.920 bits per heavy atom. The number of benzene rings is 2. The number of terminal acetylenes is 1. The molecule has 0 radical (unpaired) electrons. The Balaban J connectivity index is 2.20. The molecule has 0 aromatic heterocycles. The van der Waals surface area contributed by atoms with Gasteiger partial charge in [-0.3, -0.25) is 0 Å². The molecule has 1 N–H and O–H groups in total. The maximum atomic E-state index is 12.5. The van der Waals surface area contributed by atoms with Crippen LogP contribution in [0.2, 0.25) is 0 Å². The molecule has 0 atom stereocenters. The molecule has 0 aliphatic heterocycles. The van der Waals surface area contributed by atoms with E-state index in [1.807, 2.05) is 0 Å². The number of hydrogen-bond acceptors (Lipinski definition) is 4. The number of sulfone groups is 1. The van der Waals surface area contributed by atoms with E-state index in [0.717, 1.165) is 6.07 Å². The quantitative estimate of drug-likeness (QED) is 0.866. The standard InChI is InChI=1S/C20H10O4S/c1-2-3-4-5-6-10-15-24-17-13-14-20(19(21)16-17)25(22,23)18-11-8-7-9-12-18/h1,7-9,11-14,16,21H. The third-order valence-corrected chi connectivity index (χ3v) is 4.63. The third kappa shape index (κ3) is 4.60. The molecule has 0 aliphatic rings. The molecule has 0 saturated carbocycles. The van der Waals surface area contributed by atoms with Gasteiger partial charge in [0.2, 0.25) is 9.84 Å². The first kappa shape index (κ1) is 17.6. The molecule has 0 bridgehead atoms. The molecule has 2 rings (SSSR count). The van der Waals surface area contributed by atoms with Gasteiger partial charge in [-0.25, -0.2) is 8.42 Å². The number of phenolic OH excluding ortho intramolecular Hbond substituents is 1. The van der Waals surface area contributed by atoms with Crippen LogP contribution in [0.3, 0.4) is 0 Å². The second-order valence-corrected chi connectivity index (χ2v) is 6.34. The van der Waals surface area contributed by atoms with Crippen molar-refractivity contribution in [2.24, 2.45) is 0 Å². The van der Waals surface area contributed by atoms with Crippen molar-refractivity contribution >= 4 is 9.84 Å². The summed E-state index contributed by atoms with van der Waals surface area (Å²) in [4.78, 5) is -0.134. The zero-order valence-electron chi connectivity index (χ0n) is 12.8. The van der Waals surface area contributed by atoms with E-state index >= 15 is 0 Å². The highest BCUT2D eigenvalue weighted by molar-refractivity contribution is 7.91. The lowest BCUT2D eigenvalue weighted by molar-refractivity contribution is 0.449. The van der Waals surface area contributed by atoms with Gasteiger partial charge in [0.15, 0.2) is 0 Å². The normalized spacial score (nSPS) is 9.08. The summed E-state index contributed by atoms with van der Waals surface area (Å²) in [5.41, 5.74) is 0. The van der Waals surface area contributed by atoms with Crippen LogP contribution in [0.15, 0.2) is 58.3 Å². The summed E-state index contributed by atoms with van der Waals surface area (Å²) in [5.74, 6) is 13.7. The molecule has 2 aromatic rings. The van der Waals surface area contributed by atoms with E-state index in [1.54, 1.807) is 18.2 Å². The Kier molecular flexibility index (Phi) is 5.76. The molecule has 0 spiro atoms. The van der Waals surface area contributed by atoms with Gasteiger partial charge in [-0.1, -0.05) is 18.2 Å². The number of rotatable bonds is 3. The molecule has 0 amide bonds. The van der Waals surface area contributed by atoms with Crippen LogP contribution in [-0.2, 0) is 9.84 Å². The van der Waals surface area contributed by atoms with Crippen LogP contribution in [0.25, 0.3) is 0 Å². The fourth-order valence-corrected chi connectivity index (χ4v) is 3.11. The molecular formula is C20H10O4S. The summed E-state index contributed by atoms with van der Waals surface area (Å²) in [7, 11) is -3.82. The lowest BCUT2D eigenvalue weighted by atomic mass is 10.3. The van der Waals surface area contributed by atoms with Gasteiger partial charge in [0, 0.05) is 23.8 Å². The summed E-state index contributed by atoms with van der Waals surface area (Å²) < 4.78 is 30.0. The van der Waals surface area contributed by atoms with Crippen molar-refractivity contribution in [3.8, 4) is 59.6 Å². The molecule has 0 aliphatic carbocycles. The van der Waals surface area contributed by atoms with E-state index in [1.165, 1.54) is 24.3 Å². The molecule has 0 heterocycles. The highest BCUT2D eigenvalue weighted by Crippen LogP contribution is 2.31. The predicted octanol–water partition coefficient (Wildman–Crippen LogP) is 2.20. The van der Waals surface area contributed by atoms with E-state index in [0.29, 0.717) is 0 Å². The van der Waals surface area contributed by atoms with Crippen molar-refractivity contribution < 1.29 is 18.3 Å². The van der Waals surface area contributed by atoms with Crippen molar-refractivity contribution in [2.75, 3.05) is 0 Å². The SMILES string of the molecule is C#CC#CC#CC#COc1ccc(S(=O)(=O)c2ccccc2)c(O)c1. The maximum absolute atomic E-state index is 12.5. The second kappa shape index (κ2) is 8.19. The lowest BCUT2D eigenvalue weighted by Crippen LogP contribution is -2.02. The average Bonchev–Trinajstić information content (AvgIpc) is 2.61. The van der Waals surface area contributed by atoms with Gasteiger partial charge in [-0.05, 0) is 42.0 Å². The van der Waals surface area contributed by atoms with Gasteiger partial charge in [-0.15, -0.1) is 6.42 Å². The molecule has 2 aromatic carbocycles. The van der Waals surface area contributed by atoms with Gasteiger partial charge in [0.25, 0.3) is 0 Å². The Labute approximate surface area is 146 Å². The Bertz CT molecular complexity index is 1110. The lowest BCUT2D eigenvalue weighted by Gasteiger charge is -2.07. The molecular weight excluding hydrogens is 336 g/mol. The van der Waals surface area contributed by atoms with Crippen molar-refractivity contribution in [2.45, 2.75) is 9.79 Å². The van der Waals surface area contributed by atoms with Crippen molar-refractivity contribution in [3.05, 3.63) is 48.5 Å². The van der Waals surface area contributed by atoms with Gasteiger partial charge < -0.3 is 9.84 Å². The highest BCUT2D eigenvalue weighted by atomic mass is 32.2. The predicted molar refractivity (Wildman–Crippen MR) is 92.8 cm³/mol. The Hall–Kier alpha value is -3.77. The van der Waals surface area contributed by atoms with Gasteiger partial charge in [-0.2, -0.15) is 0 Å². The fourth-order valence-electron chi connectivity index (χ4n) is 1.75. The van der Waals surface area contributed by atoms with E-state index in [2.05, 4.69) is 41.6 Å². The van der Waals surface area contributed by atoms with Crippen molar-refractivity contribution in [3.63, 3.8) is 0 Å². The summed E-state index contributed by atoms with van der Waals surface area (Å²) in [6.07, 6.45) is 7.21. The van der Waals surface area contributed by atoms with E-state index in [4.69, 9.17) is 11.2 Å². The van der Waals surface area contributed by atoms with E-state index in [9.17, 15) is 13.5 Å². The molecule has 0 fully saturated rings. The largest absolute Gasteiger partial charge is 0.506 e. The molecule has 0 saturated heterocycles. The number of phenols is 1. The summed E-state index contributed by atoms with van der Waals surface area (Å²) in [6.45, 7) is 0. The topological polar surface area (TPSA) is 63.6 Å². The summed E-state index contributed by atoms with van der Waals surface area (Å²) >= 11 is 0. The summed E-state index contributed by atoms with van der Waals surface area (Å²) in [6, 6.07) is 11.6. The van der Waals surface area contributed by atoms with Crippen LogP contribution < -0.4 is 4.74 Å². The van der Waals surface area contributed by atoms with Gasteiger partial charge >= 0.3 is 0 Å². The highest BCUT2D eigenvalue weighted by Gasteiger charge is 2.21. The molecule has 120 valence electrons. The number of ether oxygens (including phenoxy) is 1. The van der Waals surface area contributed by atoms with Crippen LogP contribution in [-0.4, -0.2) is 13.5 Å². The van der Waals surface area contributed by atoms with E-state index in [-0.39, 0.29) is 15.5 Å². The maximum Gasteiger partial charge on any atom is 0.210 e. The zero-order valence-corrected chi connectivity index (χ0v) is 13.6. The Morgan fingerprint density at radius 3 is 2.28 bits per heavy atom. The minimum Gasteiger partial charge on any atom is -0.506 e. The van der Waals surface area contributed by atoms with Crippen LogP contribution in [0, 0.1) is 48.1 Å². The monoisotopic (exact) mass is 346 g/mol. The minimum absolute atomic E-state index is 0.0853. The van der Waals surface area contributed by atoms with Crippen LogP contribution in [0.1, 0.15) is 0 Å². The molecule has 0 unspecified atom stereocenters. The number of aromatic hydroxyl groups is 1. The number of hydrogen-bond donors (Lipinski definition) is 1. The van der Waals surface area contributed by atoms with Crippen molar-refractivity contribution in [1.82, 2.24) is 0 Å². The minimum atomic E-state index is -3.82. The fraction of sp³-hybridized carbons (Fsp3) is 0. The molecule has 5 heteroatoms. The third-order valence-electron chi connectivity index (χ3n) is 2.82. The molecule has 4 nitrogen and oxygen atoms in total. The van der Waals surface area contributed by atoms with Crippen LogP contribution in [0.4, 0.5) is 0 Å². The first-order valence-corrected chi connectivity index (χ1v) is 8.29. The van der Waals surface area contributed by atoms with Gasteiger partial charge in [0.1, 0.15) is 22.5 Å². The smallest absolute Gasteiger partial charge is 0.210 e. The van der Waals surface area contributed by atoms with Gasteiger partial charge in [0.05, 0.1) is 4.90 Å².